The predicted molar refractivity (Wildman–Crippen MR) is 134 cm³/mol. The van der Waals surface area contributed by atoms with Crippen LogP contribution in [0.1, 0.15) is 55.3 Å². The molecule has 0 bridgehead atoms. The summed E-state index contributed by atoms with van der Waals surface area (Å²) in [5, 5.41) is 2.92. The van der Waals surface area contributed by atoms with Crippen LogP contribution in [-0.4, -0.2) is 28.6 Å². The number of anilines is 1. The van der Waals surface area contributed by atoms with E-state index in [4.69, 9.17) is 0 Å². The van der Waals surface area contributed by atoms with Crippen LogP contribution < -0.4 is 5.32 Å². The number of nitrogens with zero attached hydrogens (tertiary/aromatic N) is 2. The Morgan fingerprint density at radius 3 is 2.47 bits per heavy atom. The summed E-state index contributed by atoms with van der Waals surface area (Å²) in [6.45, 7) is 4.64. The van der Waals surface area contributed by atoms with E-state index in [1.165, 1.54) is 12.1 Å². The molecule has 1 N–H and O–H groups in total. The molecule has 1 amide bonds. The number of rotatable bonds is 5. The number of aromatic nitrogens is 2. The number of benzene rings is 2. The number of imidazole rings is 1. The fourth-order valence-electron chi connectivity index (χ4n) is 5.39. The summed E-state index contributed by atoms with van der Waals surface area (Å²) < 4.78 is 28.5. The highest BCUT2D eigenvalue weighted by Gasteiger charge is 2.53. The Hall–Kier alpha value is -2.93. The van der Waals surface area contributed by atoms with Crippen LogP contribution in [0, 0.1) is 13.8 Å². The number of amides is 1. The Balaban J connectivity index is 1.42. The van der Waals surface area contributed by atoms with Gasteiger partial charge in [0.2, 0.25) is 5.91 Å². The second-order valence-corrected chi connectivity index (χ2v) is 11.9. The number of aryl methyl sites for hydroxylation is 3. The van der Waals surface area contributed by atoms with Gasteiger partial charge in [-0.2, -0.15) is 0 Å². The molecule has 2 heterocycles. The monoisotopic (exact) mass is 477 g/mol. The molecule has 0 unspecified atom stereocenters. The molecule has 0 spiro atoms. The fourth-order valence-corrected chi connectivity index (χ4v) is 7.76. The zero-order valence-electron chi connectivity index (χ0n) is 19.8. The Morgan fingerprint density at radius 1 is 1.00 bits per heavy atom. The number of hydrogen-bond acceptors (Lipinski definition) is 4. The normalized spacial score (nSPS) is 17.4. The molecule has 1 aromatic heterocycles. The molecule has 2 aromatic carbocycles. The van der Waals surface area contributed by atoms with Crippen LogP contribution in [0.25, 0.3) is 11.4 Å². The van der Waals surface area contributed by atoms with Crippen LogP contribution in [0.15, 0.2) is 53.6 Å². The van der Waals surface area contributed by atoms with Crippen LogP contribution >= 0.6 is 0 Å². The number of sulfone groups is 1. The van der Waals surface area contributed by atoms with Gasteiger partial charge in [0.15, 0.2) is 14.6 Å². The summed E-state index contributed by atoms with van der Waals surface area (Å²) in [4.78, 5) is 18.4. The average Bonchev–Trinajstić information content (AvgIpc) is 3.50. The molecule has 1 aliphatic carbocycles. The van der Waals surface area contributed by atoms with E-state index in [1.807, 2.05) is 49.5 Å². The lowest BCUT2D eigenvalue weighted by atomic mass is 10.1. The van der Waals surface area contributed by atoms with Crippen LogP contribution in [0.2, 0.25) is 0 Å². The Morgan fingerprint density at radius 2 is 1.74 bits per heavy atom. The maximum absolute atomic E-state index is 13.8. The van der Waals surface area contributed by atoms with Crippen molar-refractivity contribution in [3.8, 4) is 11.4 Å². The average molecular weight is 478 g/mol. The quantitative estimate of drug-likeness (QED) is 0.546. The second kappa shape index (κ2) is 8.69. The van der Waals surface area contributed by atoms with Gasteiger partial charge in [-0.05, 0) is 87.4 Å². The van der Waals surface area contributed by atoms with E-state index < -0.39 is 20.5 Å². The van der Waals surface area contributed by atoms with Crippen molar-refractivity contribution < 1.29 is 13.2 Å². The highest BCUT2D eigenvalue weighted by atomic mass is 32.2. The van der Waals surface area contributed by atoms with E-state index in [0.717, 1.165) is 49.2 Å². The van der Waals surface area contributed by atoms with E-state index in [2.05, 4.69) is 14.9 Å². The first kappa shape index (κ1) is 22.8. The Labute approximate surface area is 201 Å². The molecular weight excluding hydrogens is 446 g/mol. The van der Waals surface area contributed by atoms with Crippen molar-refractivity contribution in [1.29, 1.82) is 0 Å². The molecular formula is C27H31N3O3S. The number of fused-ring (bicyclic) bond motifs is 1. The van der Waals surface area contributed by atoms with Crippen molar-refractivity contribution in [2.24, 2.45) is 0 Å². The highest BCUT2D eigenvalue weighted by Crippen LogP contribution is 2.42. The maximum atomic E-state index is 13.8. The minimum absolute atomic E-state index is 0.268. The number of nitrogens with one attached hydrogen (secondary N) is 1. The van der Waals surface area contributed by atoms with Crippen molar-refractivity contribution in [2.45, 2.75) is 75.0 Å². The van der Waals surface area contributed by atoms with Crippen molar-refractivity contribution in [3.05, 3.63) is 65.5 Å². The van der Waals surface area contributed by atoms with Gasteiger partial charge >= 0.3 is 0 Å². The topological polar surface area (TPSA) is 81.1 Å². The number of carbonyl (C=O) groups excluding carboxylic acids is 1. The van der Waals surface area contributed by atoms with Crippen LogP contribution in [-0.2, 0) is 27.6 Å². The molecule has 1 fully saturated rings. The van der Waals surface area contributed by atoms with Gasteiger partial charge < -0.3 is 9.88 Å². The highest BCUT2D eigenvalue weighted by molar-refractivity contribution is 7.93. The summed E-state index contributed by atoms with van der Waals surface area (Å²) in [7, 11) is -3.85. The molecule has 7 heteroatoms. The molecule has 0 atom stereocenters. The third-order valence-corrected chi connectivity index (χ3v) is 10.0. The van der Waals surface area contributed by atoms with E-state index >= 15 is 0 Å². The lowest BCUT2D eigenvalue weighted by molar-refractivity contribution is -0.118. The van der Waals surface area contributed by atoms with Gasteiger partial charge in [-0.1, -0.05) is 25.0 Å². The first-order chi connectivity index (χ1) is 16.3. The van der Waals surface area contributed by atoms with E-state index in [1.54, 1.807) is 13.0 Å². The van der Waals surface area contributed by atoms with Crippen LogP contribution in [0.5, 0.6) is 0 Å². The first-order valence-electron chi connectivity index (χ1n) is 12.1. The summed E-state index contributed by atoms with van der Waals surface area (Å²) in [6.07, 6.45) is 7.48. The van der Waals surface area contributed by atoms with Crippen molar-refractivity contribution >= 4 is 21.4 Å². The van der Waals surface area contributed by atoms with E-state index in [0.29, 0.717) is 24.1 Å². The summed E-state index contributed by atoms with van der Waals surface area (Å²) in [5.74, 6) is 0.509. The minimum atomic E-state index is -3.85. The standard InChI is InChI=1S/C27H31N3O3S/c1-19-8-9-20(2)24(17-19)34(32,33)27(14-4-5-15-27)26(31)29-22-12-10-21(11-13-22)25-28-18-23-7-3-6-16-30(23)25/h8-13,17-18H,3-7,14-16H2,1-2H3,(H,29,31). The fraction of sp³-hybridized carbons (Fsp3) is 0.407. The predicted octanol–water partition coefficient (Wildman–Crippen LogP) is 5.23. The smallest absolute Gasteiger partial charge is 0.246 e. The third-order valence-electron chi connectivity index (χ3n) is 7.38. The molecule has 3 aromatic rings. The largest absolute Gasteiger partial charge is 0.328 e. The zero-order chi connectivity index (χ0) is 23.9. The molecule has 0 saturated heterocycles. The molecule has 0 radical (unpaired) electrons. The van der Waals surface area contributed by atoms with Gasteiger partial charge in [0.25, 0.3) is 0 Å². The van der Waals surface area contributed by atoms with Gasteiger partial charge in [0.1, 0.15) is 5.82 Å². The van der Waals surface area contributed by atoms with Crippen molar-refractivity contribution in [2.75, 3.05) is 5.32 Å². The van der Waals surface area contributed by atoms with E-state index in [-0.39, 0.29) is 4.90 Å². The summed E-state index contributed by atoms with van der Waals surface area (Å²) in [6, 6.07) is 13.0. The van der Waals surface area contributed by atoms with Gasteiger partial charge in [0, 0.05) is 29.7 Å². The number of carbonyl (C=O) groups is 1. The molecule has 34 heavy (non-hydrogen) atoms. The first-order valence-corrected chi connectivity index (χ1v) is 13.6. The van der Waals surface area contributed by atoms with Crippen molar-refractivity contribution in [1.82, 2.24) is 9.55 Å². The zero-order valence-corrected chi connectivity index (χ0v) is 20.6. The van der Waals surface area contributed by atoms with Crippen LogP contribution in [0.3, 0.4) is 0 Å². The summed E-state index contributed by atoms with van der Waals surface area (Å²) in [5.41, 5.74) is 4.40. The second-order valence-electron chi connectivity index (χ2n) is 9.69. The Kier molecular flexibility index (Phi) is 5.84. The van der Waals surface area contributed by atoms with E-state index in [9.17, 15) is 13.2 Å². The van der Waals surface area contributed by atoms with Crippen molar-refractivity contribution in [3.63, 3.8) is 0 Å². The SMILES string of the molecule is Cc1ccc(C)c(S(=O)(=O)C2(C(=O)Nc3ccc(-c4ncc5n4CCCC5)cc3)CCCC2)c1. The Bertz CT molecular complexity index is 1330. The van der Waals surface area contributed by atoms with Gasteiger partial charge in [0.05, 0.1) is 4.90 Å². The summed E-state index contributed by atoms with van der Waals surface area (Å²) >= 11 is 0. The lowest BCUT2D eigenvalue weighted by Crippen LogP contribution is -2.47. The molecule has 178 valence electrons. The van der Waals surface area contributed by atoms with Gasteiger partial charge in [-0.15, -0.1) is 0 Å². The number of hydrogen-bond donors (Lipinski definition) is 1. The van der Waals surface area contributed by atoms with Gasteiger partial charge in [-0.3, -0.25) is 4.79 Å². The minimum Gasteiger partial charge on any atom is -0.328 e. The molecule has 1 aliphatic heterocycles. The molecule has 1 saturated carbocycles. The third kappa shape index (κ3) is 3.76. The lowest BCUT2D eigenvalue weighted by Gasteiger charge is -2.28. The van der Waals surface area contributed by atoms with Crippen LogP contribution in [0.4, 0.5) is 5.69 Å². The maximum Gasteiger partial charge on any atom is 0.246 e. The van der Waals surface area contributed by atoms with Gasteiger partial charge in [-0.25, -0.2) is 13.4 Å². The molecule has 5 rings (SSSR count). The molecule has 2 aliphatic rings. The molecule has 6 nitrogen and oxygen atoms in total.